The first-order valence-corrected chi connectivity index (χ1v) is 11.8. The largest absolute Gasteiger partial charge is 0.351 e. The Morgan fingerprint density at radius 1 is 0.914 bits per heavy atom. The number of amides is 1. The van der Waals surface area contributed by atoms with E-state index in [0.717, 1.165) is 46.9 Å². The number of hydrogen-bond donors (Lipinski definition) is 1. The maximum atomic E-state index is 12.1. The molecule has 0 aliphatic carbocycles. The van der Waals surface area contributed by atoms with E-state index in [1.165, 1.54) is 0 Å². The smallest absolute Gasteiger partial charge is 0.244 e. The average Bonchev–Trinajstić information content (AvgIpc) is 2.88. The SMILES string of the molecule is CN1CC(=O)Nc2c1ncnc2N1CCN(c2nc(-c3ccccc3)c3cc(Cl)ccc3n2)CC1. The highest BCUT2D eigenvalue weighted by Crippen LogP contribution is 2.35. The molecule has 9 nitrogen and oxygen atoms in total. The number of nitrogens with one attached hydrogen (secondary N) is 1. The predicted octanol–water partition coefficient (Wildman–Crippen LogP) is 3.46. The summed E-state index contributed by atoms with van der Waals surface area (Å²) in [5.74, 6) is 2.11. The van der Waals surface area contributed by atoms with E-state index in [0.29, 0.717) is 29.7 Å². The van der Waals surface area contributed by atoms with Crippen LogP contribution in [-0.2, 0) is 4.79 Å². The van der Waals surface area contributed by atoms with Gasteiger partial charge in [-0.05, 0) is 18.2 Å². The molecule has 176 valence electrons. The lowest BCUT2D eigenvalue weighted by molar-refractivity contribution is -0.115. The van der Waals surface area contributed by atoms with Crippen LogP contribution in [0.3, 0.4) is 0 Å². The van der Waals surface area contributed by atoms with Gasteiger partial charge < -0.3 is 20.0 Å². The van der Waals surface area contributed by atoms with E-state index in [-0.39, 0.29) is 12.5 Å². The lowest BCUT2D eigenvalue weighted by Crippen LogP contribution is -2.48. The third-order valence-electron chi connectivity index (χ3n) is 6.37. The fraction of sp³-hybridized carbons (Fsp3) is 0.240. The molecule has 2 aromatic carbocycles. The van der Waals surface area contributed by atoms with Crippen molar-refractivity contribution in [2.24, 2.45) is 0 Å². The third-order valence-corrected chi connectivity index (χ3v) is 6.60. The number of likely N-dealkylation sites (N-methyl/N-ethyl adjacent to an activating group) is 1. The molecule has 0 saturated carbocycles. The zero-order valence-corrected chi connectivity index (χ0v) is 19.9. The number of piperazine rings is 1. The molecule has 1 saturated heterocycles. The Morgan fingerprint density at radius 2 is 1.66 bits per heavy atom. The normalized spacial score (nSPS) is 15.8. The molecule has 0 unspecified atom stereocenters. The first kappa shape index (κ1) is 21.5. The Bertz CT molecular complexity index is 1420. The Kier molecular flexibility index (Phi) is 5.33. The van der Waals surface area contributed by atoms with Crippen LogP contribution in [0.15, 0.2) is 54.9 Å². The molecule has 1 fully saturated rings. The number of benzene rings is 2. The van der Waals surface area contributed by atoms with Gasteiger partial charge in [-0.25, -0.2) is 19.9 Å². The molecule has 0 atom stereocenters. The molecule has 2 aromatic heterocycles. The lowest BCUT2D eigenvalue weighted by Gasteiger charge is -2.37. The minimum Gasteiger partial charge on any atom is -0.351 e. The van der Waals surface area contributed by atoms with Crippen LogP contribution in [0.25, 0.3) is 22.2 Å². The van der Waals surface area contributed by atoms with Gasteiger partial charge in [-0.2, -0.15) is 0 Å². The fourth-order valence-electron chi connectivity index (χ4n) is 4.64. The molecule has 0 spiro atoms. The summed E-state index contributed by atoms with van der Waals surface area (Å²) in [5, 5.41) is 4.54. The highest BCUT2D eigenvalue weighted by molar-refractivity contribution is 6.31. The standard InChI is InChI=1S/C25H23ClN8O/c1-32-14-20(35)30-22-23(32)27-15-28-24(22)33-9-11-34(12-10-33)25-29-19-8-7-17(26)13-18(19)21(31-25)16-5-3-2-4-6-16/h2-8,13,15H,9-12,14H2,1H3,(H,30,35). The summed E-state index contributed by atoms with van der Waals surface area (Å²) in [6.45, 7) is 3.15. The van der Waals surface area contributed by atoms with Crippen molar-refractivity contribution in [2.45, 2.75) is 0 Å². The van der Waals surface area contributed by atoms with Gasteiger partial charge in [0, 0.05) is 49.2 Å². The summed E-state index contributed by atoms with van der Waals surface area (Å²) < 4.78 is 0. The van der Waals surface area contributed by atoms with Gasteiger partial charge in [0.1, 0.15) is 12.0 Å². The van der Waals surface area contributed by atoms with Crippen LogP contribution in [0, 0.1) is 0 Å². The summed E-state index contributed by atoms with van der Waals surface area (Å²) in [6.07, 6.45) is 1.55. The minimum absolute atomic E-state index is 0.0622. The van der Waals surface area contributed by atoms with Gasteiger partial charge in [-0.1, -0.05) is 41.9 Å². The monoisotopic (exact) mass is 486 g/mol. The third kappa shape index (κ3) is 3.97. The molecule has 10 heteroatoms. The topological polar surface area (TPSA) is 90.4 Å². The van der Waals surface area contributed by atoms with E-state index in [2.05, 4.69) is 25.1 Å². The van der Waals surface area contributed by atoms with Crippen molar-refractivity contribution in [1.29, 1.82) is 0 Å². The Labute approximate surface area is 207 Å². The van der Waals surface area contributed by atoms with E-state index < -0.39 is 0 Å². The van der Waals surface area contributed by atoms with Crippen LogP contribution >= 0.6 is 11.6 Å². The molecule has 2 aliphatic heterocycles. The van der Waals surface area contributed by atoms with Crippen LogP contribution < -0.4 is 20.0 Å². The minimum atomic E-state index is -0.0622. The molecule has 4 heterocycles. The number of fused-ring (bicyclic) bond motifs is 2. The number of aromatic nitrogens is 4. The molecule has 4 aromatic rings. The number of rotatable bonds is 3. The predicted molar refractivity (Wildman–Crippen MR) is 138 cm³/mol. The van der Waals surface area contributed by atoms with Crippen molar-refractivity contribution < 1.29 is 4.79 Å². The molecule has 0 bridgehead atoms. The number of anilines is 4. The summed E-state index contributed by atoms with van der Waals surface area (Å²) >= 11 is 6.30. The lowest BCUT2D eigenvalue weighted by atomic mass is 10.1. The highest BCUT2D eigenvalue weighted by atomic mass is 35.5. The van der Waals surface area contributed by atoms with Crippen molar-refractivity contribution in [1.82, 2.24) is 19.9 Å². The Morgan fingerprint density at radius 3 is 2.46 bits per heavy atom. The fourth-order valence-corrected chi connectivity index (χ4v) is 4.81. The maximum Gasteiger partial charge on any atom is 0.244 e. The summed E-state index contributed by atoms with van der Waals surface area (Å²) in [5.41, 5.74) is 3.42. The zero-order chi connectivity index (χ0) is 23.9. The van der Waals surface area contributed by atoms with Crippen LogP contribution in [0.5, 0.6) is 0 Å². The highest BCUT2D eigenvalue weighted by Gasteiger charge is 2.29. The second kappa shape index (κ2) is 8.66. The second-order valence-electron chi connectivity index (χ2n) is 8.67. The van der Waals surface area contributed by atoms with Gasteiger partial charge >= 0.3 is 0 Å². The summed E-state index contributed by atoms with van der Waals surface area (Å²) in [4.78, 5) is 37.0. The maximum absolute atomic E-state index is 12.1. The first-order valence-electron chi connectivity index (χ1n) is 11.5. The van der Waals surface area contributed by atoms with Crippen LogP contribution in [-0.4, -0.2) is 65.6 Å². The van der Waals surface area contributed by atoms with Gasteiger partial charge in [0.2, 0.25) is 11.9 Å². The summed E-state index contributed by atoms with van der Waals surface area (Å²) in [7, 11) is 1.86. The molecule has 0 radical (unpaired) electrons. The quantitative estimate of drug-likeness (QED) is 0.471. The van der Waals surface area contributed by atoms with Gasteiger partial charge in [-0.3, -0.25) is 4.79 Å². The Balaban J connectivity index is 1.30. The van der Waals surface area contributed by atoms with Gasteiger partial charge in [0.05, 0.1) is 17.8 Å². The Hall–Kier alpha value is -3.98. The number of hydrogen-bond acceptors (Lipinski definition) is 8. The van der Waals surface area contributed by atoms with Crippen molar-refractivity contribution >= 4 is 51.7 Å². The molecule has 6 rings (SSSR count). The summed E-state index contributed by atoms with van der Waals surface area (Å²) in [6, 6.07) is 15.8. The van der Waals surface area contributed by atoms with Crippen molar-refractivity contribution in [2.75, 3.05) is 59.8 Å². The van der Waals surface area contributed by atoms with Gasteiger partial charge in [-0.15, -0.1) is 0 Å². The molecular weight excluding hydrogens is 464 g/mol. The van der Waals surface area contributed by atoms with E-state index in [9.17, 15) is 4.79 Å². The van der Waals surface area contributed by atoms with Crippen molar-refractivity contribution in [3.05, 3.63) is 59.9 Å². The zero-order valence-electron chi connectivity index (χ0n) is 19.1. The molecule has 35 heavy (non-hydrogen) atoms. The van der Waals surface area contributed by atoms with E-state index in [1.807, 2.05) is 60.5 Å². The average molecular weight is 487 g/mol. The van der Waals surface area contributed by atoms with Crippen LogP contribution in [0.1, 0.15) is 0 Å². The molecule has 1 N–H and O–H groups in total. The molecule has 1 amide bonds. The number of halogens is 1. The number of nitrogens with zero attached hydrogens (tertiary/aromatic N) is 7. The number of carbonyl (C=O) groups is 1. The van der Waals surface area contributed by atoms with Gasteiger partial charge in [0.15, 0.2) is 11.6 Å². The molecular formula is C25H23ClN8O. The van der Waals surface area contributed by atoms with E-state index >= 15 is 0 Å². The van der Waals surface area contributed by atoms with Crippen LogP contribution in [0.2, 0.25) is 5.02 Å². The first-order chi connectivity index (χ1) is 17.1. The number of carbonyl (C=O) groups excluding carboxylic acids is 1. The van der Waals surface area contributed by atoms with Crippen molar-refractivity contribution in [3.8, 4) is 11.3 Å². The van der Waals surface area contributed by atoms with E-state index in [1.54, 1.807) is 6.33 Å². The van der Waals surface area contributed by atoms with E-state index in [4.69, 9.17) is 21.6 Å². The van der Waals surface area contributed by atoms with Crippen LogP contribution in [0.4, 0.5) is 23.3 Å². The van der Waals surface area contributed by atoms with Crippen molar-refractivity contribution in [3.63, 3.8) is 0 Å². The molecule has 2 aliphatic rings. The second-order valence-corrected chi connectivity index (χ2v) is 9.11. The van der Waals surface area contributed by atoms with Gasteiger partial charge in [0.25, 0.3) is 0 Å².